The summed E-state index contributed by atoms with van der Waals surface area (Å²) in [5, 5.41) is 0. The molecule has 0 atom stereocenters. The van der Waals surface area contributed by atoms with E-state index in [1.165, 1.54) is 11.6 Å². The second-order valence-corrected chi connectivity index (χ2v) is 2.37. The van der Waals surface area contributed by atoms with Crippen molar-refractivity contribution in [2.45, 2.75) is 6.42 Å². The van der Waals surface area contributed by atoms with Crippen LogP contribution in [0.5, 0.6) is 0 Å². The minimum absolute atomic E-state index is 0.355. The quantitative estimate of drug-likeness (QED) is 0.521. The molecule has 0 fully saturated rings. The third-order valence-corrected chi connectivity index (χ3v) is 1.48. The lowest BCUT2D eigenvalue weighted by Gasteiger charge is -1.97. The summed E-state index contributed by atoms with van der Waals surface area (Å²) in [4.78, 5) is 12.7. The van der Waals surface area contributed by atoms with Crippen molar-refractivity contribution in [1.29, 1.82) is 0 Å². The largest absolute Gasteiger partial charge is 0.376 e. The van der Waals surface area contributed by atoms with Crippen molar-refractivity contribution in [3.63, 3.8) is 0 Å². The maximum absolute atomic E-state index is 9.73. The third kappa shape index (κ3) is 3.19. The fraction of sp³-hybridized carbons (Fsp3) is 0.333. The summed E-state index contributed by atoms with van der Waals surface area (Å²) < 4.78 is 5.12. The molecule has 3 heteroatoms. The number of carbonyl (C=O) groups excluding carboxylic acids is 1. The van der Waals surface area contributed by atoms with E-state index in [1.807, 2.05) is 18.5 Å². The van der Waals surface area contributed by atoms with Crippen LogP contribution >= 0.6 is 0 Å². The Kier molecular flexibility index (Phi) is 3.92. The summed E-state index contributed by atoms with van der Waals surface area (Å²) in [5.41, 5.74) is 1.21. The molecule has 0 saturated carbocycles. The SMILES string of the molecule is O=C=CCOCCc1cc[nH]c1. The molecule has 0 aliphatic carbocycles. The molecule has 1 N–H and O–H groups in total. The van der Waals surface area contributed by atoms with E-state index in [1.54, 1.807) is 5.94 Å². The van der Waals surface area contributed by atoms with Gasteiger partial charge >= 0.3 is 0 Å². The van der Waals surface area contributed by atoms with Gasteiger partial charge in [0.1, 0.15) is 5.94 Å². The number of aromatic nitrogens is 1. The predicted octanol–water partition coefficient (Wildman–Crippen LogP) is 0.962. The van der Waals surface area contributed by atoms with Crippen LogP contribution in [-0.4, -0.2) is 24.1 Å². The van der Waals surface area contributed by atoms with Crippen molar-refractivity contribution in [2.75, 3.05) is 13.2 Å². The second kappa shape index (κ2) is 5.35. The smallest absolute Gasteiger partial charge is 0.122 e. The molecule has 0 aliphatic heterocycles. The predicted molar refractivity (Wildman–Crippen MR) is 45.6 cm³/mol. The molecule has 64 valence electrons. The molecule has 0 spiro atoms. The maximum atomic E-state index is 9.73. The number of rotatable bonds is 5. The van der Waals surface area contributed by atoms with E-state index in [0.29, 0.717) is 13.2 Å². The molecule has 0 unspecified atom stereocenters. The van der Waals surface area contributed by atoms with Gasteiger partial charge in [-0.05, 0) is 18.1 Å². The monoisotopic (exact) mass is 165 g/mol. The fourth-order valence-corrected chi connectivity index (χ4v) is 0.880. The van der Waals surface area contributed by atoms with Gasteiger partial charge in [0.25, 0.3) is 0 Å². The van der Waals surface area contributed by atoms with Gasteiger partial charge in [-0.2, -0.15) is 0 Å². The maximum Gasteiger partial charge on any atom is 0.122 e. The zero-order chi connectivity index (χ0) is 8.65. The minimum Gasteiger partial charge on any atom is -0.376 e. The molecule has 0 amide bonds. The van der Waals surface area contributed by atoms with Crippen LogP contribution in [0.4, 0.5) is 0 Å². The van der Waals surface area contributed by atoms with Crippen molar-refractivity contribution >= 4 is 5.94 Å². The van der Waals surface area contributed by atoms with Crippen LogP contribution in [-0.2, 0) is 16.0 Å². The first kappa shape index (κ1) is 8.78. The Morgan fingerprint density at radius 2 is 2.58 bits per heavy atom. The lowest BCUT2D eigenvalue weighted by atomic mass is 10.2. The molecule has 0 aliphatic rings. The standard InChI is InChI=1S/C9H11NO2/c11-5-1-6-12-7-3-9-2-4-10-8-9/h1-2,4,8,10H,3,6-7H2. The summed E-state index contributed by atoms with van der Waals surface area (Å²) in [6, 6.07) is 2.00. The Morgan fingerprint density at radius 1 is 1.67 bits per heavy atom. The second-order valence-electron chi connectivity index (χ2n) is 2.37. The first-order valence-corrected chi connectivity index (χ1v) is 3.82. The van der Waals surface area contributed by atoms with Crippen LogP contribution in [0.25, 0.3) is 0 Å². The van der Waals surface area contributed by atoms with Gasteiger partial charge in [0.15, 0.2) is 0 Å². The van der Waals surface area contributed by atoms with Gasteiger partial charge in [-0.15, -0.1) is 0 Å². The van der Waals surface area contributed by atoms with E-state index in [9.17, 15) is 4.79 Å². The summed E-state index contributed by atoms with van der Waals surface area (Å²) in [6.07, 6.45) is 6.01. The number of hydrogen-bond donors (Lipinski definition) is 1. The van der Waals surface area contributed by atoms with Gasteiger partial charge in [0, 0.05) is 18.5 Å². The summed E-state index contributed by atoms with van der Waals surface area (Å²) in [7, 11) is 0. The normalized spacial score (nSPS) is 9.33. The Bertz CT molecular complexity index is 248. The number of hydrogen-bond acceptors (Lipinski definition) is 2. The van der Waals surface area contributed by atoms with E-state index in [0.717, 1.165) is 6.42 Å². The Hall–Kier alpha value is -1.31. The highest BCUT2D eigenvalue weighted by Crippen LogP contribution is 1.97. The highest BCUT2D eigenvalue weighted by atomic mass is 16.5. The molecule has 1 aromatic rings. The molecular weight excluding hydrogens is 154 g/mol. The zero-order valence-electron chi connectivity index (χ0n) is 6.75. The van der Waals surface area contributed by atoms with E-state index >= 15 is 0 Å². The van der Waals surface area contributed by atoms with Gasteiger partial charge in [-0.3, -0.25) is 0 Å². The fourth-order valence-electron chi connectivity index (χ4n) is 0.880. The van der Waals surface area contributed by atoms with E-state index in [2.05, 4.69) is 4.98 Å². The number of ether oxygens (including phenoxy) is 1. The van der Waals surface area contributed by atoms with Crippen molar-refractivity contribution < 1.29 is 9.53 Å². The molecule has 1 rings (SSSR count). The Balaban J connectivity index is 2.07. The average molecular weight is 165 g/mol. The van der Waals surface area contributed by atoms with Crippen LogP contribution in [0.15, 0.2) is 24.5 Å². The molecule has 1 heterocycles. The van der Waals surface area contributed by atoms with Crippen LogP contribution in [0, 0.1) is 0 Å². The first-order valence-electron chi connectivity index (χ1n) is 3.82. The molecule has 3 nitrogen and oxygen atoms in total. The Labute approximate surface area is 71.1 Å². The van der Waals surface area contributed by atoms with Gasteiger partial charge in [0.2, 0.25) is 0 Å². The van der Waals surface area contributed by atoms with Crippen molar-refractivity contribution in [1.82, 2.24) is 4.98 Å². The molecule has 0 aromatic carbocycles. The molecule has 0 bridgehead atoms. The molecule has 0 saturated heterocycles. The van der Waals surface area contributed by atoms with Gasteiger partial charge in [-0.25, -0.2) is 4.79 Å². The van der Waals surface area contributed by atoms with E-state index < -0.39 is 0 Å². The number of aromatic amines is 1. The summed E-state index contributed by atoms with van der Waals surface area (Å²) in [5.74, 6) is 1.66. The molecule has 12 heavy (non-hydrogen) atoms. The van der Waals surface area contributed by atoms with Crippen LogP contribution < -0.4 is 0 Å². The lowest BCUT2D eigenvalue weighted by molar-refractivity contribution is 0.166. The highest BCUT2D eigenvalue weighted by Gasteiger charge is 1.91. The summed E-state index contributed by atoms with van der Waals surface area (Å²) >= 11 is 0. The minimum atomic E-state index is 0.355. The lowest BCUT2D eigenvalue weighted by Crippen LogP contribution is -1.97. The van der Waals surface area contributed by atoms with Gasteiger partial charge in [0.05, 0.1) is 13.2 Å². The van der Waals surface area contributed by atoms with Crippen LogP contribution in [0.2, 0.25) is 0 Å². The summed E-state index contributed by atoms with van der Waals surface area (Å²) in [6.45, 7) is 0.990. The average Bonchev–Trinajstić information content (AvgIpc) is 2.57. The third-order valence-electron chi connectivity index (χ3n) is 1.48. The highest BCUT2D eigenvalue weighted by molar-refractivity contribution is 5.44. The Morgan fingerprint density at radius 3 is 3.25 bits per heavy atom. The molecule has 1 aromatic heterocycles. The van der Waals surface area contributed by atoms with E-state index in [-0.39, 0.29) is 0 Å². The number of H-pyrrole nitrogens is 1. The molecular formula is C9H11NO2. The van der Waals surface area contributed by atoms with Gasteiger partial charge in [-0.1, -0.05) is 0 Å². The topological polar surface area (TPSA) is 42.1 Å². The first-order chi connectivity index (χ1) is 5.93. The zero-order valence-corrected chi connectivity index (χ0v) is 6.75. The van der Waals surface area contributed by atoms with Crippen molar-refractivity contribution in [3.05, 3.63) is 30.1 Å². The molecule has 0 radical (unpaired) electrons. The van der Waals surface area contributed by atoms with Gasteiger partial charge < -0.3 is 9.72 Å². The number of nitrogens with one attached hydrogen (secondary N) is 1. The van der Waals surface area contributed by atoms with Crippen LogP contribution in [0.1, 0.15) is 5.56 Å². The van der Waals surface area contributed by atoms with Crippen molar-refractivity contribution in [3.8, 4) is 0 Å². The van der Waals surface area contributed by atoms with E-state index in [4.69, 9.17) is 4.74 Å². The van der Waals surface area contributed by atoms with Crippen molar-refractivity contribution in [2.24, 2.45) is 0 Å². The van der Waals surface area contributed by atoms with Crippen LogP contribution in [0.3, 0.4) is 0 Å².